The molecule has 1 aromatic heterocycles. The Morgan fingerprint density at radius 2 is 1.74 bits per heavy atom. The highest BCUT2D eigenvalue weighted by molar-refractivity contribution is 6.31. The van der Waals surface area contributed by atoms with Crippen molar-refractivity contribution in [3.63, 3.8) is 0 Å². The van der Waals surface area contributed by atoms with Crippen LogP contribution in [0.2, 0.25) is 5.02 Å². The molecule has 4 rings (SSSR count). The van der Waals surface area contributed by atoms with Crippen LogP contribution >= 0.6 is 11.6 Å². The normalized spacial score (nSPS) is 13.2. The van der Waals surface area contributed by atoms with Crippen LogP contribution in [-0.2, 0) is 11.0 Å². The third-order valence-corrected chi connectivity index (χ3v) is 5.23. The summed E-state index contributed by atoms with van der Waals surface area (Å²) in [7, 11) is 0. The van der Waals surface area contributed by atoms with Gasteiger partial charge >= 0.3 is 12.2 Å². The molecule has 1 aliphatic carbocycles. The van der Waals surface area contributed by atoms with E-state index in [4.69, 9.17) is 16.3 Å². The Hall–Kier alpha value is -3.86. The Balaban J connectivity index is 1.43. The Labute approximate surface area is 202 Å². The zero-order valence-corrected chi connectivity index (χ0v) is 19.0. The summed E-state index contributed by atoms with van der Waals surface area (Å²) in [4.78, 5) is 32.3. The van der Waals surface area contributed by atoms with Gasteiger partial charge in [-0.3, -0.25) is 4.79 Å². The van der Waals surface area contributed by atoms with Gasteiger partial charge in [0.05, 0.1) is 10.6 Å². The molecular formula is C23H19ClF3N5O3. The number of rotatable bonds is 6. The highest BCUT2D eigenvalue weighted by atomic mass is 35.5. The number of hydrogen-bond donors (Lipinski definition) is 3. The number of nitrogens with one attached hydrogen (secondary N) is 3. The van der Waals surface area contributed by atoms with Crippen molar-refractivity contribution in [2.45, 2.75) is 25.9 Å². The fourth-order valence-corrected chi connectivity index (χ4v) is 3.38. The topological polar surface area (TPSA) is 105 Å². The largest absolute Gasteiger partial charge is 0.439 e. The summed E-state index contributed by atoms with van der Waals surface area (Å²) in [5.74, 6) is 0.722. The van der Waals surface area contributed by atoms with Crippen LogP contribution in [0.15, 0.2) is 48.8 Å². The molecule has 3 aromatic rings. The van der Waals surface area contributed by atoms with Crippen LogP contribution in [-0.4, -0.2) is 21.9 Å². The van der Waals surface area contributed by atoms with Crippen molar-refractivity contribution in [3.8, 4) is 11.6 Å². The van der Waals surface area contributed by atoms with Crippen molar-refractivity contribution in [2.24, 2.45) is 5.92 Å². The lowest BCUT2D eigenvalue weighted by atomic mass is 10.2. The van der Waals surface area contributed by atoms with Crippen LogP contribution in [0.25, 0.3) is 0 Å². The molecule has 1 heterocycles. The quantitative estimate of drug-likeness (QED) is 0.367. The van der Waals surface area contributed by atoms with Gasteiger partial charge in [0, 0.05) is 29.4 Å². The minimum Gasteiger partial charge on any atom is -0.439 e. The monoisotopic (exact) mass is 505 g/mol. The number of urea groups is 1. The zero-order valence-electron chi connectivity index (χ0n) is 18.2. The molecule has 1 aliphatic rings. The van der Waals surface area contributed by atoms with E-state index >= 15 is 0 Å². The van der Waals surface area contributed by atoms with Crippen LogP contribution in [0.1, 0.15) is 24.0 Å². The zero-order chi connectivity index (χ0) is 25.2. The average Bonchev–Trinajstić information content (AvgIpc) is 3.59. The number of carbonyl (C=O) groups is 2. The summed E-state index contributed by atoms with van der Waals surface area (Å²) in [6.45, 7) is 1.77. The number of aryl methyl sites for hydroxylation is 1. The fourth-order valence-electron chi connectivity index (χ4n) is 3.15. The second-order valence-corrected chi connectivity index (χ2v) is 8.32. The first-order valence-corrected chi connectivity index (χ1v) is 10.8. The van der Waals surface area contributed by atoms with Gasteiger partial charge in [-0.15, -0.1) is 0 Å². The van der Waals surface area contributed by atoms with Crippen LogP contribution in [0.3, 0.4) is 0 Å². The molecule has 0 atom stereocenters. The smallest absolute Gasteiger partial charge is 0.417 e. The Morgan fingerprint density at radius 1 is 1.00 bits per heavy atom. The van der Waals surface area contributed by atoms with E-state index in [-0.39, 0.29) is 23.4 Å². The van der Waals surface area contributed by atoms with Crippen LogP contribution < -0.4 is 20.7 Å². The molecule has 2 aromatic carbocycles. The molecule has 8 nitrogen and oxygen atoms in total. The molecule has 35 heavy (non-hydrogen) atoms. The van der Waals surface area contributed by atoms with Gasteiger partial charge in [0.2, 0.25) is 11.8 Å². The molecule has 0 radical (unpaired) electrons. The first-order valence-electron chi connectivity index (χ1n) is 10.4. The fraction of sp³-hybridized carbons (Fsp3) is 0.217. The average molecular weight is 506 g/mol. The molecule has 0 aliphatic heterocycles. The number of amides is 3. The number of ether oxygens (including phenoxy) is 1. The standard InChI is InChI=1S/C23H19ClF3N5O3/c1-12-6-15(31-22(34)30-14-4-5-18(24)17(9-14)23(25,26)27)8-16(7-12)35-20-10-19(28-11-29-20)32-21(33)13-2-3-13/h4-11,13H,2-3H2,1H3,(H2,30,31,34)(H,28,29,32,33). The van der Waals surface area contributed by atoms with Gasteiger partial charge < -0.3 is 20.7 Å². The van der Waals surface area contributed by atoms with E-state index in [0.29, 0.717) is 17.3 Å². The van der Waals surface area contributed by atoms with E-state index in [1.807, 2.05) is 0 Å². The summed E-state index contributed by atoms with van der Waals surface area (Å²) >= 11 is 5.61. The van der Waals surface area contributed by atoms with Crippen molar-refractivity contribution in [1.82, 2.24) is 9.97 Å². The third kappa shape index (κ3) is 6.60. The maximum atomic E-state index is 13.0. The number of anilines is 3. The molecule has 0 saturated heterocycles. The Morgan fingerprint density at radius 3 is 2.46 bits per heavy atom. The first kappa shape index (κ1) is 24.3. The molecule has 182 valence electrons. The number of carbonyl (C=O) groups excluding carboxylic acids is 2. The van der Waals surface area contributed by atoms with Gasteiger partial charge in [0.1, 0.15) is 17.9 Å². The molecule has 12 heteroatoms. The van der Waals surface area contributed by atoms with E-state index in [0.717, 1.165) is 30.5 Å². The summed E-state index contributed by atoms with van der Waals surface area (Å²) in [6, 6.07) is 8.64. The Kier molecular flexibility index (Phi) is 6.79. The maximum Gasteiger partial charge on any atom is 0.417 e. The van der Waals surface area contributed by atoms with E-state index in [1.165, 1.54) is 24.5 Å². The molecule has 0 unspecified atom stereocenters. The lowest BCUT2D eigenvalue weighted by Crippen LogP contribution is -2.20. The summed E-state index contributed by atoms with van der Waals surface area (Å²) in [6.07, 6.45) is -1.69. The number of aromatic nitrogens is 2. The maximum absolute atomic E-state index is 13.0. The van der Waals surface area contributed by atoms with Gasteiger partial charge in [-0.2, -0.15) is 13.2 Å². The predicted molar refractivity (Wildman–Crippen MR) is 124 cm³/mol. The van der Waals surface area contributed by atoms with Crippen molar-refractivity contribution in [1.29, 1.82) is 0 Å². The van der Waals surface area contributed by atoms with E-state index < -0.39 is 22.8 Å². The lowest BCUT2D eigenvalue weighted by Gasteiger charge is -2.13. The second-order valence-electron chi connectivity index (χ2n) is 7.91. The van der Waals surface area contributed by atoms with Gasteiger partial charge in [0.25, 0.3) is 0 Å². The molecule has 1 saturated carbocycles. The number of hydrogen-bond acceptors (Lipinski definition) is 5. The molecule has 0 spiro atoms. The van der Waals surface area contributed by atoms with Gasteiger partial charge in [-0.25, -0.2) is 14.8 Å². The van der Waals surface area contributed by atoms with E-state index in [1.54, 1.807) is 19.1 Å². The number of nitrogens with zero attached hydrogens (tertiary/aromatic N) is 2. The number of halogens is 4. The van der Waals surface area contributed by atoms with Gasteiger partial charge in [-0.05, 0) is 55.7 Å². The minimum absolute atomic E-state index is 0.0128. The van der Waals surface area contributed by atoms with E-state index in [9.17, 15) is 22.8 Å². The van der Waals surface area contributed by atoms with E-state index in [2.05, 4.69) is 25.9 Å². The molecule has 0 bridgehead atoms. The van der Waals surface area contributed by atoms with Crippen molar-refractivity contribution in [2.75, 3.05) is 16.0 Å². The van der Waals surface area contributed by atoms with Crippen LogP contribution in [0, 0.1) is 12.8 Å². The number of benzene rings is 2. The SMILES string of the molecule is Cc1cc(NC(=O)Nc2ccc(Cl)c(C(F)(F)F)c2)cc(Oc2cc(NC(=O)C3CC3)ncn2)c1. The summed E-state index contributed by atoms with van der Waals surface area (Å²) < 4.78 is 44.9. The summed E-state index contributed by atoms with van der Waals surface area (Å²) in [5, 5.41) is 7.14. The first-order chi connectivity index (χ1) is 16.6. The molecule has 1 fully saturated rings. The van der Waals surface area contributed by atoms with Crippen molar-refractivity contribution < 1.29 is 27.5 Å². The van der Waals surface area contributed by atoms with Gasteiger partial charge in [-0.1, -0.05) is 11.6 Å². The number of alkyl halides is 3. The minimum atomic E-state index is -4.66. The molecular weight excluding hydrogens is 487 g/mol. The van der Waals surface area contributed by atoms with Crippen molar-refractivity contribution >= 4 is 40.7 Å². The van der Waals surface area contributed by atoms with Crippen LogP contribution in [0.5, 0.6) is 11.6 Å². The van der Waals surface area contributed by atoms with Gasteiger partial charge in [0.15, 0.2) is 0 Å². The van der Waals surface area contributed by atoms with Crippen LogP contribution in [0.4, 0.5) is 35.2 Å². The second kappa shape index (κ2) is 9.79. The predicted octanol–water partition coefficient (Wildman–Crippen LogP) is 6.24. The highest BCUT2D eigenvalue weighted by Gasteiger charge is 2.33. The Bertz CT molecular complexity index is 1280. The third-order valence-electron chi connectivity index (χ3n) is 4.90. The highest BCUT2D eigenvalue weighted by Crippen LogP contribution is 2.36. The summed E-state index contributed by atoms with van der Waals surface area (Å²) in [5.41, 5.74) is -0.0651. The molecule has 3 amide bonds. The molecule has 3 N–H and O–H groups in total. The lowest BCUT2D eigenvalue weighted by molar-refractivity contribution is -0.137. The van der Waals surface area contributed by atoms with Crippen molar-refractivity contribution in [3.05, 3.63) is 64.9 Å².